The highest BCUT2D eigenvalue weighted by molar-refractivity contribution is 6.07. The maximum Gasteiger partial charge on any atom is 0.185 e. The number of unbranched alkanes of at least 4 members (excludes halogenated alkanes) is 2. The first-order valence-corrected chi connectivity index (χ1v) is 12.1. The van der Waals surface area contributed by atoms with Gasteiger partial charge in [-0.3, -0.25) is 4.79 Å². The van der Waals surface area contributed by atoms with E-state index >= 15 is 0 Å². The van der Waals surface area contributed by atoms with E-state index in [4.69, 9.17) is 14.2 Å². The maximum absolute atomic E-state index is 12.8. The second kappa shape index (κ2) is 14.9. The van der Waals surface area contributed by atoms with Crippen LogP contribution in [0.4, 0.5) is 0 Å². The van der Waals surface area contributed by atoms with Crippen LogP contribution >= 0.6 is 0 Å². The first-order chi connectivity index (χ1) is 16.1. The van der Waals surface area contributed by atoms with Crippen molar-refractivity contribution in [2.75, 3.05) is 19.8 Å². The molecule has 2 rings (SSSR count). The summed E-state index contributed by atoms with van der Waals surface area (Å²) in [5, 5.41) is 0. The molecule has 0 amide bonds. The highest BCUT2D eigenvalue weighted by atomic mass is 16.5. The third-order valence-electron chi connectivity index (χ3n) is 5.14. The normalized spacial score (nSPS) is 10.9. The second-order valence-corrected chi connectivity index (χ2v) is 7.97. The number of carbonyl (C=O) groups is 1. The zero-order valence-corrected chi connectivity index (χ0v) is 20.4. The van der Waals surface area contributed by atoms with Crippen LogP contribution in [0, 0.1) is 0 Å². The van der Waals surface area contributed by atoms with Crippen molar-refractivity contribution in [3.8, 4) is 17.2 Å². The maximum atomic E-state index is 12.8. The molecule has 0 heterocycles. The first-order valence-electron chi connectivity index (χ1n) is 12.1. The van der Waals surface area contributed by atoms with Crippen LogP contribution in [0.25, 0.3) is 6.08 Å². The fourth-order valence-corrected chi connectivity index (χ4v) is 3.26. The van der Waals surface area contributed by atoms with Crippen LogP contribution in [0.5, 0.6) is 17.2 Å². The number of hydrogen-bond donors (Lipinski definition) is 0. The van der Waals surface area contributed by atoms with Gasteiger partial charge in [-0.05, 0) is 67.3 Å². The minimum Gasteiger partial charge on any atom is -0.493 e. The molecule has 0 N–H and O–H groups in total. The molecule has 0 aliphatic carbocycles. The molecule has 0 saturated carbocycles. The van der Waals surface area contributed by atoms with Crippen LogP contribution in [0.15, 0.2) is 55.1 Å². The number of benzene rings is 2. The largest absolute Gasteiger partial charge is 0.493 e. The van der Waals surface area contributed by atoms with Crippen molar-refractivity contribution < 1.29 is 19.0 Å². The summed E-state index contributed by atoms with van der Waals surface area (Å²) < 4.78 is 17.6. The summed E-state index contributed by atoms with van der Waals surface area (Å²) in [4.78, 5) is 12.8. The number of hydrogen-bond acceptors (Lipinski definition) is 4. The molecule has 0 unspecified atom stereocenters. The Morgan fingerprint density at radius 2 is 1.55 bits per heavy atom. The molecule has 0 aliphatic heterocycles. The molecule has 0 radical (unpaired) electrons. The molecule has 0 aromatic heterocycles. The van der Waals surface area contributed by atoms with Crippen LogP contribution < -0.4 is 14.2 Å². The van der Waals surface area contributed by atoms with Gasteiger partial charge in [0.1, 0.15) is 23.9 Å². The molecule has 2 aromatic carbocycles. The lowest BCUT2D eigenvalue weighted by atomic mass is 10.0. The minimum absolute atomic E-state index is 0.0647. The number of aryl methyl sites for hydroxylation is 1. The van der Waals surface area contributed by atoms with Gasteiger partial charge in [-0.25, -0.2) is 0 Å². The van der Waals surface area contributed by atoms with E-state index in [0.717, 1.165) is 61.2 Å². The summed E-state index contributed by atoms with van der Waals surface area (Å²) in [5.74, 6) is 2.29. The van der Waals surface area contributed by atoms with E-state index in [9.17, 15) is 4.79 Å². The number of ketones is 1. The Balaban J connectivity index is 2.26. The van der Waals surface area contributed by atoms with Crippen LogP contribution in [0.3, 0.4) is 0 Å². The fraction of sp³-hybridized carbons (Fsp3) is 0.414. The summed E-state index contributed by atoms with van der Waals surface area (Å²) >= 11 is 0. The Labute approximate surface area is 199 Å². The lowest BCUT2D eigenvalue weighted by Gasteiger charge is -2.16. The Kier molecular flexibility index (Phi) is 11.9. The minimum atomic E-state index is -0.0647. The highest BCUT2D eigenvalue weighted by Gasteiger charge is 2.12. The zero-order chi connectivity index (χ0) is 23.9. The van der Waals surface area contributed by atoms with Gasteiger partial charge in [0.25, 0.3) is 0 Å². The molecule has 2 aromatic rings. The molecule has 0 fully saturated rings. The summed E-state index contributed by atoms with van der Waals surface area (Å²) in [5.41, 5.74) is 2.66. The van der Waals surface area contributed by atoms with Crippen LogP contribution in [-0.4, -0.2) is 25.6 Å². The predicted octanol–water partition coefficient (Wildman–Crippen LogP) is 7.46. The summed E-state index contributed by atoms with van der Waals surface area (Å²) in [6.07, 6.45) is 11.2. The Hall–Kier alpha value is -3.01. The van der Waals surface area contributed by atoms with Gasteiger partial charge >= 0.3 is 0 Å². The van der Waals surface area contributed by atoms with E-state index in [1.165, 1.54) is 0 Å². The number of ether oxygens (including phenoxy) is 3. The van der Waals surface area contributed by atoms with E-state index in [0.29, 0.717) is 31.1 Å². The molecule has 0 bridgehead atoms. The number of allylic oxidation sites excluding steroid dienone is 1. The van der Waals surface area contributed by atoms with Crippen molar-refractivity contribution in [2.45, 2.75) is 59.3 Å². The predicted molar refractivity (Wildman–Crippen MR) is 137 cm³/mol. The molecular weight excluding hydrogens is 412 g/mol. The van der Waals surface area contributed by atoms with Crippen LogP contribution in [0.2, 0.25) is 0 Å². The van der Waals surface area contributed by atoms with Gasteiger partial charge in [-0.2, -0.15) is 0 Å². The summed E-state index contributed by atoms with van der Waals surface area (Å²) in [6.45, 7) is 11.9. The van der Waals surface area contributed by atoms with E-state index in [1.807, 2.05) is 12.1 Å². The summed E-state index contributed by atoms with van der Waals surface area (Å²) in [7, 11) is 0. The van der Waals surface area contributed by atoms with Crippen LogP contribution in [-0.2, 0) is 6.42 Å². The molecule has 0 atom stereocenters. The molecule has 0 spiro atoms. The molecule has 4 nitrogen and oxygen atoms in total. The summed E-state index contributed by atoms with van der Waals surface area (Å²) in [6, 6.07) is 11.2. The Morgan fingerprint density at radius 1 is 0.879 bits per heavy atom. The van der Waals surface area contributed by atoms with Crippen LogP contribution in [0.1, 0.15) is 74.4 Å². The molecule has 0 aliphatic rings. The zero-order valence-electron chi connectivity index (χ0n) is 20.4. The van der Waals surface area contributed by atoms with E-state index in [1.54, 1.807) is 36.4 Å². The Morgan fingerprint density at radius 3 is 2.15 bits per heavy atom. The average Bonchev–Trinajstić information content (AvgIpc) is 2.83. The second-order valence-electron chi connectivity index (χ2n) is 7.97. The fourth-order valence-electron chi connectivity index (χ4n) is 3.26. The standard InChI is InChI=1S/C29H38O4/c1-5-9-19-32-28-22-29(33-20-10-6-2)25(21-24(28)11-7-3)14-17-27(30)23-12-15-26(16-13-23)31-18-8-4/h8,12-17,21-22H,4-7,9-11,18-20H2,1-3H3/b17-14+. The van der Waals surface area contributed by atoms with Gasteiger partial charge in [0, 0.05) is 17.2 Å². The quantitative estimate of drug-likeness (QED) is 0.115. The van der Waals surface area contributed by atoms with Gasteiger partial charge in [-0.15, -0.1) is 0 Å². The van der Waals surface area contributed by atoms with Crippen molar-refractivity contribution >= 4 is 11.9 Å². The van der Waals surface area contributed by atoms with Gasteiger partial charge in [0.15, 0.2) is 5.78 Å². The third-order valence-corrected chi connectivity index (χ3v) is 5.14. The van der Waals surface area contributed by atoms with E-state index < -0.39 is 0 Å². The molecule has 4 heteroatoms. The average molecular weight is 451 g/mol. The van der Waals surface area contributed by atoms with Gasteiger partial charge < -0.3 is 14.2 Å². The lowest BCUT2D eigenvalue weighted by Crippen LogP contribution is -2.04. The monoisotopic (exact) mass is 450 g/mol. The topological polar surface area (TPSA) is 44.8 Å². The molecular formula is C29H38O4. The van der Waals surface area contributed by atoms with Gasteiger partial charge in [-0.1, -0.05) is 52.7 Å². The number of carbonyl (C=O) groups excluding carboxylic acids is 1. The van der Waals surface area contributed by atoms with Crippen molar-refractivity contribution in [3.05, 3.63) is 71.8 Å². The van der Waals surface area contributed by atoms with E-state index in [-0.39, 0.29) is 5.78 Å². The van der Waals surface area contributed by atoms with Crippen molar-refractivity contribution in [1.29, 1.82) is 0 Å². The smallest absolute Gasteiger partial charge is 0.185 e. The first kappa shape index (κ1) is 26.2. The SMILES string of the molecule is C=CCOc1ccc(C(=O)/C=C/c2cc(CCC)c(OCCCC)cc2OCCCC)cc1. The van der Waals surface area contributed by atoms with Crippen molar-refractivity contribution in [1.82, 2.24) is 0 Å². The molecule has 0 saturated heterocycles. The number of rotatable bonds is 16. The lowest BCUT2D eigenvalue weighted by molar-refractivity contribution is 0.104. The van der Waals surface area contributed by atoms with Crippen molar-refractivity contribution in [2.24, 2.45) is 0 Å². The third kappa shape index (κ3) is 8.80. The molecule has 33 heavy (non-hydrogen) atoms. The molecule has 178 valence electrons. The highest BCUT2D eigenvalue weighted by Crippen LogP contribution is 2.32. The van der Waals surface area contributed by atoms with Gasteiger partial charge in [0.05, 0.1) is 13.2 Å². The van der Waals surface area contributed by atoms with Gasteiger partial charge in [0.2, 0.25) is 0 Å². The van der Waals surface area contributed by atoms with E-state index in [2.05, 4.69) is 33.4 Å². The Bertz CT molecular complexity index is 897. The van der Waals surface area contributed by atoms with Crippen molar-refractivity contribution in [3.63, 3.8) is 0 Å².